The van der Waals surface area contributed by atoms with Crippen LogP contribution in [0, 0.1) is 23.2 Å². The zero-order valence-electron chi connectivity index (χ0n) is 12.0. The van der Waals surface area contributed by atoms with E-state index < -0.39 is 11.7 Å². The topological polar surface area (TPSA) is 27.0 Å². The number of hydrogen-bond donors (Lipinski definition) is 0. The Morgan fingerprint density at radius 3 is 2.52 bits per heavy atom. The van der Waals surface area contributed by atoms with Crippen molar-refractivity contribution in [2.24, 2.45) is 11.8 Å². The van der Waals surface area contributed by atoms with Crippen LogP contribution in [-0.4, -0.2) is 13.1 Å². The van der Waals surface area contributed by atoms with Crippen LogP contribution in [0.15, 0.2) is 24.3 Å². The smallest absolute Gasteiger partial charge is 0.372 e. The van der Waals surface area contributed by atoms with Crippen LogP contribution in [0.1, 0.15) is 31.7 Å². The van der Waals surface area contributed by atoms with Gasteiger partial charge in [0.1, 0.15) is 0 Å². The van der Waals surface area contributed by atoms with Crippen LogP contribution in [0.4, 0.5) is 18.9 Å². The lowest BCUT2D eigenvalue weighted by atomic mass is 9.83. The number of piperidine rings is 1. The largest absolute Gasteiger partial charge is 0.416 e. The molecule has 0 aromatic heterocycles. The van der Waals surface area contributed by atoms with Gasteiger partial charge in [0.15, 0.2) is 0 Å². The van der Waals surface area contributed by atoms with E-state index in [1.165, 1.54) is 12.1 Å². The van der Waals surface area contributed by atoms with Crippen molar-refractivity contribution >= 4 is 5.69 Å². The zero-order chi connectivity index (χ0) is 15.5. The number of rotatable bonds is 3. The molecule has 1 unspecified atom stereocenters. The van der Waals surface area contributed by atoms with Crippen LogP contribution in [0.25, 0.3) is 0 Å². The maximum Gasteiger partial charge on any atom is 0.416 e. The number of alkyl halides is 3. The Morgan fingerprint density at radius 2 is 2.00 bits per heavy atom. The first-order chi connectivity index (χ1) is 9.95. The summed E-state index contributed by atoms with van der Waals surface area (Å²) in [7, 11) is 0. The van der Waals surface area contributed by atoms with Gasteiger partial charge in [-0.1, -0.05) is 13.0 Å². The van der Waals surface area contributed by atoms with Gasteiger partial charge < -0.3 is 4.90 Å². The average Bonchev–Trinajstić information content (AvgIpc) is 2.48. The van der Waals surface area contributed by atoms with Gasteiger partial charge in [0.25, 0.3) is 0 Å². The first-order valence-corrected chi connectivity index (χ1v) is 7.27. The first kappa shape index (κ1) is 15.7. The Morgan fingerprint density at radius 1 is 1.33 bits per heavy atom. The highest BCUT2D eigenvalue weighted by Gasteiger charge is 2.31. The summed E-state index contributed by atoms with van der Waals surface area (Å²) in [6, 6.07) is 7.82. The number of benzene rings is 1. The average molecular weight is 296 g/mol. The van der Waals surface area contributed by atoms with Crippen molar-refractivity contribution in [1.29, 1.82) is 5.26 Å². The van der Waals surface area contributed by atoms with Crippen LogP contribution >= 0.6 is 0 Å². The Kier molecular flexibility index (Phi) is 4.76. The second-order valence-corrected chi connectivity index (χ2v) is 5.52. The fraction of sp³-hybridized carbons (Fsp3) is 0.562. The van der Waals surface area contributed by atoms with E-state index in [2.05, 4.69) is 6.07 Å². The van der Waals surface area contributed by atoms with Crippen molar-refractivity contribution in [3.8, 4) is 6.07 Å². The number of nitriles is 1. The predicted octanol–water partition coefficient (Wildman–Crippen LogP) is 4.47. The third-order valence-corrected chi connectivity index (χ3v) is 4.25. The molecule has 0 radical (unpaired) electrons. The molecule has 1 aromatic carbocycles. The Balaban J connectivity index is 2.04. The molecule has 2 nitrogen and oxygen atoms in total. The lowest BCUT2D eigenvalue weighted by Gasteiger charge is -2.35. The summed E-state index contributed by atoms with van der Waals surface area (Å²) in [5.41, 5.74) is 0.0128. The first-order valence-electron chi connectivity index (χ1n) is 7.27. The summed E-state index contributed by atoms with van der Waals surface area (Å²) >= 11 is 0. The highest BCUT2D eigenvalue weighted by atomic mass is 19.4. The summed E-state index contributed by atoms with van der Waals surface area (Å²) < 4.78 is 38.2. The minimum atomic E-state index is -4.30. The van der Waals surface area contributed by atoms with Crippen molar-refractivity contribution in [2.45, 2.75) is 32.4 Å². The monoisotopic (exact) mass is 296 g/mol. The summed E-state index contributed by atoms with van der Waals surface area (Å²) in [5.74, 6) is 0.427. The van der Waals surface area contributed by atoms with E-state index in [4.69, 9.17) is 5.26 Å². The van der Waals surface area contributed by atoms with Crippen molar-refractivity contribution in [2.75, 3.05) is 18.0 Å². The molecule has 0 amide bonds. The van der Waals surface area contributed by atoms with Crippen molar-refractivity contribution in [3.63, 3.8) is 0 Å². The van der Waals surface area contributed by atoms with E-state index in [-0.39, 0.29) is 5.92 Å². The summed E-state index contributed by atoms with van der Waals surface area (Å²) in [6.45, 7) is 3.43. The summed E-state index contributed by atoms with van der Waals surface area (Å²) in [6.07, 6.45) is -1.74. The zero-order valence-corrected chi connectivity index (χ0v) is 12.0. The van der Waals surface area contributed by atoms with E-state index in [1.807, 2.05) is 11.8 Å². The molecule has 0 spiro atoms. The van der Waals surface area contributed by atoms with Crippen LogP contribution in [0.5, 0.6) is 0 Å². The second kappa shape index (κ2) is 6.38. The number of hydrogen-bond acceptors (Lipinski definition) is 2. The molecule has 0 aliphatic carbocycles. The van der Waals surface area contributed by atoms with Gasteiger partial charge in [-0.15, -0.1) is 0 Å². The van der Waals surface area contributed by atoms with Crippen LogP contribution < -0.4 is 4.90 Å². The maximum absolute atomic E-state index is 12.7. The molecule has 0 N–H and O–H groups in total. The van der Waals surface area contributed by atoms with Crippen molar-refractivity contribution < 1.29 is 13.2 Å². The lowest BCUT2D eigenvalue weighted by molar-refractivity contribution is -0.137. The minimum absolute atomic E-state index is 0.0636. The lowest BCUT2D eigenvalue weighted by Crippen LogP contribution is -2.36. The number of anilines is 1. The second-order valence-electron chi connectivity index (χ2n) is 5.52. The standard InChI is InChI=1S/C16H19F3N2/c1-2-12(11-20)13-6-8-21(9-7-13)15-5-3-4-14(10-15)16(17,18)19/h3-5,10,12-13H,2,6-9H2,1H3. The van der Waals surface area contributed by atoms with Crippen LogP contribution in [0.2, 0.25) is 0 Å². The Hall–Kier alpha value is -1.70. The SMILES string of the molecule is CCC(C#N)C1CCN(c2cccc(C(F)(F)F)c2)CC1. The van der Waals surface area contributed by atoms with Gasteiger partial charge in [0, 0.05) is 24.7 Å². The van der Waals surface area contributed by atoms with Crippen LogP contribution in [0.3, 0.4) is 0 Å². The third kappa shape index (κ3) is 3.69. The Bertz CT molecular complexity index is 511. The molecule has 1 fully saturated rings. The molecule has 1 aromatic rings. The fourth-order valence-corrected chi connectivity index (χ4v) is 2.97. The van der Waals surface area contributed by atoms with E-state index in [9.17, 15) is 13.2 Å². The van der Waals surface area contributed by atoms with Gasteiger partial charge in [-0.25, -0.2) is 0 Å². The third-order valence-electron chi connectivity index (χ3n) is 4.25. The van der Waals surface area contributed by atoms with Crippen molar-refractivity contribution in [1.82, 2.24) is 0 Å². The minimum Gasteiger partial charge on any atom is -0.372 e. The summed E-state index contributed by atoms with van der Waals surface area (Å²) in [4.78, 5) is 1.98. The van der Waals surface area contributed by atoms with E-state index in [1.54, 1.807) is 6.07 Å². The molecule has 1 saturated heterocycles. The quantitative estimate of drug-likeness (QED) is 0.822. The summed E-state index contributed by atoms with van der Waals surface area (Å²) in [5, 5.41) is 9.10. The molecular weight excluding hydrogens is 277 g/mol. The van der Waals surface area contributed by atoms with E-state index in [0.717, 1.165) is 25.3 Å². The normalized spacial score (nSPS) is 18.3. The van der Waals surface area contributed by atoms with Gasteiger partial charge in [-0.3, -0.25) is 0 Å². The van der Waals surface area contributed by atoms with Gasteiger partial charge >= 0.3 is 6.18 Å². The molecular formula is C16H19F3N2. The van der Waals surface area contributed by atoms with E-state index >= 15 is 0 Å². The molecule has 0 bridgehead atoms. The highest BCUT2D eigenvalue weighted by Crippen LogP contribution is 2.34. The molecule has 5 heteroatoms. The Labute approximate surface area is 123 Å². The van der Waals surface area contributed by atoms with Gasteiger partial charge in [-0.2, -0.15) is 18.4 Å². The highest BCUT2D eigenvalue weighted by molar-refractivity contribution is 5.49. The molecule has 1 atom stereocenters. The molecule has 1 aliphatic rings. The molecule has 21 heavy (non-hydrogen) atoms. The van der Waals surface area contributed by atoms with Crippen molar-refractivity contribution in [3.05, 3.63) is 29.8 Å². The molecule has 1 heterocycles. The van der Waals surface area contributed by atoms with E-state index in [0.29, 0.717) is 24.7 Å². The molecule has 114 valence electrons. The molecule has 0 saturated carbocycles. The maximum atomic E-state index is 12.7. The van der Waals surface area contributed by atoms with Gasteiger partial charge in [0.05, 0.1) is 11.6 Å². The van der Waals surface area contributed by atoms with Gasteiger partial charge in [0.2, 0.25) is 0 Å². The van der Waals surface area contributed by atoms with Gasteiger partial charge in [-0.05, 0) is 43.4 Å². The van der Waals surface area contributed by atoms with Crippen LogP contribution in [-0.2, 0) is 6.18 Å². The predicted molar refractivity (Wildman–Crippen MR) is 75.8 cm³/mol. The number of halogens is 3. The molecule has 1 aliphatic heterocycles. The molecule has 2 rings (SSSR count). The fourth-order valence-electron chi connectivity index (χ4n) is 2.97. The number of nitrogens with zero attached hydrogens (tertiary/aromatic N) is 2.